The number of ketones is 1. The number of hydrogen-bond acceptors (Lipinski definition) is 11. The molecule has 0 bridgehead atoms. The van der Waals surface area contributed by atoms with Crippen molar-refractivity contribution in [2.24, 2.45) is 0 Å². The van der Waals surface area contributed by atoms with Gasteiger partial charge >= 0.3 is 17.9 Å². The van der Waals surface area contributed by atoms with Crippen molar-refractivity contribution in [1.82, 2.24) is 4.90 Å². The molecule has 1 fully saturated rings. The van der Waals surface area contributed by atoms with Crippen molar-refractivity contribution >= 4 is 30.2 Å². The Labute approximate surface area is 260 Å². The van der Waals surface area contributed by atoms with Crippen LogP contribution in [0.1, 0.15) is 44.2 Å². The standard InChI is InChI=1S/C18H14O8.C15H21NO3/c19-11-24-18(26-17(23)13-9-5-2-6-10-13)14(15(20)21)25-16(22)12-7-3-1-4-8-12;1-10-7-11(18-3)8-14(19-4)15(10)12-5-6-16(2)9-13(12)17/h1-11,14,18H,(H,20,21);7-8,12H,5-6,9H2,1-4H3/t14?,18-;/m0./s1. The van der Waals surface area contributed by atoms with Crippen LogP contribution in [-0.4, -0.2) is 86.9 Å². The van der Waals surface area contributed by atoms with Gasteiger partial charge in [0.05, 0.1) is 31.9 Å². The average molecular weight is 622 g/mol. The molecule has 1 N–H and O–H groups in total. The van der Waals surface area contributed by atoms with E-state index >= 15 is 0 Å². The minimum absolute atomic E-state index is 0.0583. The molecule has 1 aliphatic heterocycles. The number of carboxylic acid groups (broad SMARTS) is 1. The van der Waals surface area contributed by atoms with Crippen LogP contribution in [0.4, 0.5) is 0 Å². The van der Waals surface area contributed by atoms with Gasteiger partial charge in [-0.05, 0) is 62.8 Å². The van der Waals surface area contributed by atoms with E-state index in [1.54, 1.807) is 50.6 Å². The second-order valence-corrected chi connectivity index (χ2v) is 10.0. The number of carboxylic acids is 1. The van der Waals surface area contributed by atoms with Crippen LogP contribution in [0.25, 0.3) is 0 Å². The zero-order valence-corrected chi connectivity index (χ0v) is 25.3. The van der Waals surface area contributed by atoms with E-state index in [2.05, 4.69) is 9.64 Å². The van der Waals surface area contributed by atoms with Crippen molar-refractivity contribution in [3.05, 3.63) is 95.1 Å². The Morgan fingerprint density at radius 1 is 0.911 bits per heavy atom. The number of nitrogens with zero attached hydrogens (tertiary/aromatic N) is 1. The summed E-state index contributed by atoms with van der Waals surface area (Å²) >= 11 is 0. The van der Waals surface area contributed by atoms with Crippen molar-refractivity contribution in [2.75, 3.05) is 34.4 Å². The first-order valence-corrected chi connectivity index (χ1v) is 13.9. The summed E-state index contributed by atoms with van der Waals surface area (Å²) < 4.78 is 25.0. The second-order valence-electron chi connectivity index (χ2n) is 10.0. The van der Waals surface area contributed by atoms with Crippen molar-refractivity contribution in [3.63, 3.8) is 0 Å². The lowest BCUT2D eigenvalue weighted by Gasteiger charge is -2.29. The molecule has 1 heterocycles. The van der Waals surface area contributed by atoms with Crippen LogP contribution < -0.4 is 9.47 Å². The molecule has 3 aromatic carbocycles. The molecule has 0 aliphatic carbocycles. The van der Waals surface area contributed by atoms with Crippen LogP contribution in [0.5, 0.6) is 11.5 Å². The van der Waals surface area contributed by atoms with E-state index in [9.17, 15) is 29.1 Å². The summed E-state index contributed by atoms with van der Waals surface area (Å²) in [5.74, 6) is -1.86. The molecule has 4 rings (SSSR count). The Bertz CT molecular complexity index is 1480. The van der Waals surface area contributed by atoms with Crippen LogP contribution >= 0.6 is 0 Å². The summed E-state index contributed by atoms with van der Waals surface area (Å²) in [6.45, 7) is 3.35. The first-order chi connectivity index (χ1) is 21.6. The van der Waals surface area contributed by atoms with Gasteiger partial charge < -0.3 is 28.8 Å². The van der Waals surface area contributed by atoms with E-state index in [-0.39, 0.29) is 29.3 Å². The third-order valence-corrected chi connectivity index (χ3v) is 6.90. The maximum absolute atomic E-state index is 12.3. The van der Waals surface area contributed by atoms with E-state index in [0.717, 1.165) is 35.6 Å². The third kappa shape index (κ3) is 9.38. The molecule has 238 valence electrons. The molecular formula is C33H35NO11. The van der Waals surface area contributed by atoms with Gasteiger partial charge in [0, 0.05) is 17.5 Å². The number of likely N-dealkylation sites (tertiary alicyclic amines) is 1. The molecular weight excluding hydrogens is 586 g/mol. The van der Waals surface area contributed by atoms with E-state index in [1.165, 1.54) is 24.3 Å². The topological polar surface area (TPSA) is 155 Å². The maximum Gasteiger partial charge on any atom is 0.353 e. The van der Waals surface area contributed by atoms with Crippen LogP contribution in [-0.2, 0) is 28.6 Å². The molecule has 3 atom stereocenters. The first-order valence-electron chi connectivity index (χ1n) is 13.9. The predicted molar refractivity (Wildman–Crippen MR) is 160 cm³/mol. The van der Waals surface area contributed by atoms with Gasteiger partial charge in [-0.15, -0.1) is 0 Å². The largest absolute Gasteiger partial charge is 0.497 e. The summed E-state index contributed by atoms with van der Waals surface area (Å²) in [6.07, 6.45) is -3.15. The number of carbonyl (C=O) groups is 5. The Morgan fingerprint density at radius 2 is 1.49 bits per heavy atom. The highest BCUT2D eigenvalue weighted by atomic mass is 16.7. The number of aliphatic carboxylic acids is 1. The lowest BCUT2D eigenvalue weighted by molar-refractivity contribution is -0.187. The Morgan fingerprint density at radius 3 is 1.98 bits per heavy atom. The normalized spacial score (nSPS) is 15.7. The number of benzene rings is 3. The van der Waals surface area contributed by atoms with E-state index in [1.807, 2.05) is 26.1 Å². The lowest BCUT2D eigenvalue weighted by Crippen LogP contribution is -2.42. The molecule has 1 aliphatic rings. The van der Waals surface area contributed by atoms with Gasteiger partial charge in [-0.1, -0.05) is 36.4 Å². The molecule has 0 spiro atoms. The molecule has 0 radical (unpaired) electrons. The van der Waals surface area contributed by atoms with Crippen LogP contribution in [0.3, 0.4) is 0 Å². The van der Waals surface area contributed by atoms with Gasteiger partial charge in [-0.2, -0.15) is 0 Å². The summed E-state index contributed by atoms with van der Waals surface area (Å²) in [7, 11) is 5.25. The number of aryl methyl sites for hydroxylation is 1. The molecule has 2 unspecified atom stereocenters. The van der Waals surface area contributed by atoms with E-state index < -0.39 is 30.3 Å². The van der Waals surface area contributed by atoms with Crippen molar-refractivity contribution in [2.45, 2.75) is 31.7 Å². The second kappa shape index (κ2) is 16.6. The van der Waals surface area contributed by atoms with Crippen LogP contribution in [0, 0.1) is 6.92 Å². The maximum atomic E-state index is 12.3. The third-order valence-electron chi connectivity index (χ3n) is 6.90. The Kier molecular flexibility index (Phi) is 12.6. The van der Waals surface area contributed by atoms with E-state index in [0.29, 0.717) is 6.54 Å². The van der Waals surface area contributed by atoms with Gasteiger partial charge in [0.15, 0.2) is 5.78 Å². The zero-order chi connectivity index (χ0) is 32.9. The van der Waals surface area contributed by atoms with Crippen LogP contribution in [0.15, 0.2) is 72.8 Å². The van der Waals surface area contributed by atoms with Gasteiger partial charge in [0.1, 0.15) is 11.5 Å². The highest BCUT2D eigenvalue weighted by Crippen LogP contribution is 2.37. The van der Waals surface area contributed by atoms with Gasteiger partial charge in [0.2, 0.25) is 0 Å². The molecule has 12 nitrogen and oxygen atoms in total. The quantitative estimate of drug-likeness (QED) is 0.189. The summed E-state index contributed by atoms with van der Waals surface area (Å²) in [5, 5.41) is 9.29. The number of rotatable bonds is 11. The first kappa shape index (κ1) is 34.3. The Balaban J connectivity index is 0.000000257. The lowest BCUT2D eigenvalue weighted by atomic mass is 9.85. The minimum Gasteiger partial charge on any atom is -0.497 e. The fourth-order valence-electron chi connectivity index (χ4n) is 4.68. The van der Waals surface area contributed by atoms with Crippen molar-refractivity contribution < 1.29 is 52.8 Å². The highest BCUT2D eigenvalue weighted by Gasteiger charge is 2.37. The highest BCUT2D eigenvalue weighted by molar-refractivity contribution is 5.92. The van der Waals surface area contributed by atoms with Gasteiger partial charge in [-0.25, -0.2) is 14.4 Å². The van der Waals surface area contributed by atoms with Gasteiger partial charge in [0.25, 0.3) is 18.9 Å². The number of piperidine rings is 1. The monoisotopic (exact) mass is 621 g/mol. The Hall–Kier alpha value is -5.23. The summed E-state index contributed by atoms with van der Waals surface area (Å²) in [5.41, 5.74) is 2.25. The fraction of sp³-hybridized carbons (Fsp3) is 0.303. The average Bonchev–Trinajstić information content (AvgIpc) is 3.04. The zero-order valence-electron chi connectivity index (χ0n) is 25.3. The van der Waals surface area contributed by atoms with Gasteiger partial charge in [-0.3, -0.25) is 14.5 Å². The summed E-state index contributed by atoms with van der Waals surface area (Å²) in [4.78, 5) is 60.5. The number of Topliss-reactive ketones (excluding diaryl/α,β-unsaturated/α-hetero) is 1. The number of likely N-dealkylation sites (N-methyl/N-ethyl adjacent to an activating group) is 1. The molecule has 1 saturated heterocycles. The fourth-order valence-corrected chi connectivity index (χ4v) is 4.68. The molecule has 0 saturated carbocycles. The van der Waals surface area contributed by atoms with E-state index in [4.69, 9.17) is 18.9 Å². The number of carbonyl (C=O) groups excluding carboxylic acids is 4. The molecule has 0 aromatic heterocycles. The number of ether oxygens (including phenoxy) is 5. The molecule has 0 amide bonds. The summed E-state index contributed by atoms with van der Waals surface area (Å²) in [6, 6.07) is 19.0. The minimum atomic E-state index is -2.04. The molecule has 3 aromatic rings. The molecule has 12 heteroatoms. The smallest absolute Gasteiger partial charge is 0.353 e. The number of methoxy groups -OCH3 is 2. The SMILES string of the molecule is COc1cc(C)c(C2CCN(C)CC2=O)c(OC)c1.O=CO[C@@H](OC(=O)c1ccccc1)C(OC(=O)c1ccccc1)C(=O)O. The predicted octanol–water partition coefficient (Wildman–Crippen LogP) is 3.65. The number of hydrogen-bond donors (Lipinski definition) is 1. The number of esters is 2. The van der Waals surface area contributed by atoms with Crippen molar-refractivity contribution in [3.8, 4) is 11.5 Å². The van der Waals surface area contributed by atoms with Crippen molar-refractivity contribution in [1.29, 1.82) is 0 Å². The molecule has 45 heavy (non-hydrogen) atoms. The van der Waals surface area contributed by atoms with Crippen LogP contribution in [0.2, 0.25) is 0 Å².